The maximum atomic E-state index is 13.8. The van der Waals surface area contributed by atoms with Crippen molar-refractivity contribution < 1.29 is 33.6 Å². The van der Waals surface area contributed by atoms with Crippen LogP contribution in [0.1, 0.15) is 35.2 Å². The number of thioether (sulfide) groups is 1. The van der Waals surface area contributed by atoms with Crippen molar-refractivity contribution in [3.05, 3.63) is 87.4 Å². The van der Waals surface area contributed by atoms with Gasteiger partial charge in [0.25, 0.3) is 5.78 Å². The van der Waals surface area contributed by atoms with Crippen LogP contribution in [0.25, 0.3) is 5.76 Å². The number of aliphatic hydroxyl groups excluding tert-OH is 1. The fourth-order valence-corrected chi connectivity index (χ4v) is 7.60. The van der Waals surface area contributed by atoms with Gasteiger partial charge in [-0.25, -0.2) is 0 Å². The summed E-state index contributed by atoms with van der Waals surface area (Å²) in [6, 6.07) is 14.9. The molecule has 3 heterocycles. The summed E-state index contributed by atoms with van der Waals surface area (Å²) in [4.78, 5) is 28.8. The van der Waals surface area contributed by atoms with Crippen LogP contribution in [0.5, 0.6) is 23.0 Å². The lowest BCUT2D eigenvalue weighted by Gasteiger charge is -2.24. The lowest BCUT2D eigenvalue weighted by molar-refractivity contribution is -0.132. The number of amides is 1. The second kappa shape index (κ2) is 12.6. The molecule has 6 rings (SSSR count). The largest absolute Gasteiger partial charge is 0.507 e. The van der Waals surface area contributed by atoms with Gasteiger partial charge in [0.2, 0.25) is 10.9 Å². The van der Waals surface area contributed by atoms with Gasteiger partial charge in [-0.3, -0.25) is 14.5 Å². The number of halogens is 1. The van der Waals surface area contributed by atoms with Crippen LogP contribution in [0.3, 0.4) is 0 Å². The predicted molar refractivity (Wildman–Crippen MR) is 172 cm³/mol. The monoisotopic (exact) mass is 665 g/mol. The molecule has 0 saturated carbocycles. The first-order valence-electron chi connectivity index (χ1n) is 13.8. The van der Waals surface area contributed by atoms with Crippen LogP contribution in [0.2, 0.25) is 5.02 Å². The van der Waals surface area contributed by atoms with Crippen LogP contribution in [-0.2, 0) is 21.8 Å². The molecule has 1 saturated heterocycles. The number of carbonyl (C=O) groups excluding carboxylic acids is 2. The summed E-state index contributed by atoms with van der Waals surface area (Å²) in [7, 11) is 4.42. The Morgan fingerprint density at radius 2 is 1.80 bits per heavy atom. The summed E-state index contributed by atoms with van der Waals surface area (Å²) in [6.07, 6.45) is 0.644. The highest BCUT2D eigenvalue weighted by Crippen LogP contribution is 2.48. The molecule has 10 nitrogen and oxygen atoms in total. The average molecular weight is 666 g/mol. The third-order valence-electron chi connectivity index (χ3n) is 7.53. The van der Waals surface area contributed by atoms with E-state index in [0.29, 0.717) is 49.9 Å². The number of benzene rings is 3. The van der Waals surface area contributed by atoms with E-state index >= 15 is 0 Å². The van der Waals surface area contributed by atoms with Crippen LogP contribution in [0, 0.1) is 0 Å². The maximum Gasteiger partial charge on any atom is 0.301 e. The zero-order valence-corrected chi connectivity index (χ0v) is 27.1. The van der Waals surface area contributed by atoms with Gasteiger partial charge in [-0.05, 0) is 60.0 Å². The molecule has 2 unspecified atom stereocenters. The quantitative estimate of drug-likeness (QED) is 0.0701. The summed E-state index contributed by atoms with van der Waals surface area (Å²) in [5.74, 6) is 0.172. The summed E-state index contributed by atoms with van der Waals surface area (Å²) < 4.78 is 23.0. The van der Waals surface area contributed by atoms with Crippen molar-refractivity contribution >= 4 is 57.3 Å². The van der Waals surface area contributed by atoms with E-state index in [1.165, 1.54) is 38.0 Å². The molecule has 1 fully saturated rings. The van der Waals surface area contributed by atoms with Crippen molar-refractivity contribution in [2.45, 2.75) is 35.6 Å². The number of hydrogen-bond acceptors (Lipinski definition) is 11. The van der Waals surface area contributed by atoms with Crippen LogP contribution in [-0.4, -0.2) is 54.4 Å². The number of carbonyl (C=O) groups is 2. The van der Waals surface area contributed by atoms with Crippen molar-refractivity contribution in [3.8, 4) is 23.0 Å². The van der Waals surface area contributed by atoms with Crippen molar-refractivity contribution in [3.63, 3.8) is 0 Å². The van der Waals surface area contributed by atoms with Gasteiger partial charge in [-0.2, -0.15) is 0 Å². The van der Waals surface area contributed by atoms with Gasteiger partial charge in [0.1, 0.15) is 17.6 Å². The summed E-state index contributed by atoms with van der Waals surface area (Å²) in [6.45, 7) is 1.96. The number of aliphatic hydroxyl groups is 1. The highest BCUT2D eigenvalue weighted by molar-refractivity contribution is 8.00. The molecule has 13 heteroatoms. The molecule has 2 aliphatic rings. The molecule has 3 aromatic carbocycles. The van der Waals surface area contributed by atoms with Gasteiger partial charge in [0.15, 0.2) is 15.8 Å². The molecule has 232 valence electrons. The number of anilines is 1. The normalized spacial score (nSPS) is 18.6. The van der Waals surface area contributed by atoms with E-state index in [1.54, 1.807) is 30.3 Å². The highest BCUT2D eigenvalue weighted by atomic mass is 35.5. The molecule has 2 atom stereocenters. The number of aromatic nitrogens is 2. The molecule has 4 aromatic rings. The number of Topliss-reactive ketones (excluding diaryl/α,β-unsaturated/α-hetero) is 1. The van der Waals surface area contributed by atoms with E-state index in [2.05, 4.69) is 10.2 Å². The Kier molecular flexibility index (Phi) is 8.63. The second-order valence-electron chi connectivity index (χ2n) is 10.3. The van der Waals surface area contributed by atoms with E-state index in [1.807, 2.05) is 31.2 Å². The molecule has 0 bridgehead atoms. The lowest BCUT2D eigenvalue weighted by Crippen LogP contribution is -2.29. The number of fused-ring (bicyclic) bond motifs is 1. The third kappa shape index (κ3) is 5.69. The molecule has 0 radical (unpaired) electrons. The van der Waals surface area contributed by atoms with Gasteiger partial charge < -0.3 is 24.1 Å². The van der Waals surface area contributed by atoms with Crippen molar-refractivity contribution in [2.75, 3.05) is 26.2 Å². The highest BCUT2D eigenvalue weighted by Gasteiger charge is 2.49. The number of ether oxygens (including phenoxy) is 4. The van der Waals surface area contributed by atoms with Gasteiger partial charge in [-0.15, -0.1) is 10.2 Å². The lowest BCUT2D eigenvalue weighted by atomic mass is 9.94. The number of methoxy groups -OCH3 is 3. The second-order valence-corrected chi connectivity index (χ2v) is 12.9. The predicted octanol–water partition coefficient (Wildman–Crippen LogP) is 6.46. The van der Waals surface area contributed by atoms with Crippen LogP contribution < -0.4 is 23.8 Å². The molecule has 1 amide bonds. The summed E-state index contributed by atoms with van der Waals surface area (Å²) in [5.41, 5.74) is 2.53. The Morgan fingerprint density at radius 3 is 2.49 bits per heavy atom. The van der Waals surface area contributed by atoms with Crippen molar-refractivity contribution in [1.29, 1.82) is 0 Å². The smallest absolute Gasteiger partial charge is 0.301 e. The first-order valence-corrected chi connectivity index (χ1v) is 16.0. The standard InChI is InChI=1S/C32H28ClN3O7S2/c1-16-11-19-12-17(9-10-22(19)43-16)27(37)25-26(20-13-23(40-2)29(42-4)24(14-20)41-3)36(30(39)28(25)38)31-34-35-32(45-31)44-15-18-7-5-6-8-21(18)33/h5-10,12-14,16,26,37H,11,15H2,1-4H3/b27-25+. The van der Waals surface area contributed by atoms with E-state index in [0.717, 1.165) is 28.2 Å². The summed E-state index contributed by atoms with van der Waals surface area (Å²) >= 11 is 8.89. The Bertz CT molecular complexity index is 1820. The van der Waals surface area contributed by atoms with Gasteiger partial charge in [0, 0.05) is 22.8 Å². The number of hydrogen-bond donors (Lipinski definition) is 1. The number of rotatable bonds is 9. The molecule has 45 heavy (non-hydrogen) atoms. The maximum absolute atomic E-state index is 13.8. The van der Waals surface area contributed by atoms with Gasteiger partial charge in [0.05, 0.1) is 32.9 Å². The minimum absolute atomic E-state index is 0.00964. The Hall–Kier alpha value is -4.26. The average Bonchev–Trinajstić information content (AvgIpc) is 3.74. The van der Waals surface area contributed by atoms with Crippen LogP contribution in [0.15, 0.2) is 64.5 Å². The van der Waals surface area contributed by atoms with Gasteiger partial charge in [-0.1, -0.05) is 52.9 Å². The molecule has 0 spiro atoms. The Labute approximate surface area is 272 Å². The Morgan fingerprint density at radius 1 is 1.07 bits per heavy atom. The third-order valence-corrected chi connectivity index (χ3v) is 10.0. The van der Waals surface area contributed by atoms with E-state index in [-0.39, 0.29) is 22.6 Å². The molecular weight excluding hydrogens is 638 g/mol. The zero-order chi connectivity index (χ0) is 31.8. The van der Waals surface area contributed by atoms with Gasteiger partial charge >= 0.3 is 5.91 Å². The Balaban J connectivity index is 1.46. The molecule has 2 aliphatic heterocycles. The topological polar surface area (TPSA) is 120 Å². The summed E-state index contributed by atoms with van der Waals surface area (Å²) in [5, 5.41) is 21.1. The minimum Gasteiger partial charge on any atom is -0.507 e. The van der Waals surface area contributed by atoms with Crippen molar-refractivity contribution in [2.24, 2.45) is 0 Å². The van der Waals surface area contributed by atoms with E-state index in [9.17, 15) is 14.7 Å². The van der Waals surface area contributed by atoms with E-state index < -0.39 is 17.7 Å². The first kappa shape index (κ1) is 30.8. The van der Waals surface area contributed by atoms with E-state index in [4.69, 9.17) is 30.5 Å². The minimum atomic E-state index is -1.09. The molecular formula is C32H28ClN3O7S2. The first-order chi connectivity index (χ1) is 21.7. The number of nitrogens with zero attached hydrogens (tertiary/aromatic N) is 3. The fourth-order valence-electron chi connectivity index (χ4n) is 5.44. The molecule has 0 aliphatic carbocycles. The SMILES string of the molecule is COc1cc(C2/C(=C(\O)c3ccc4c(c3)CC(C)O4)C(=O)C(=O)N2c2nnc(SCc3ccccc3Cl)s2)cc(OC)c1OC. The fraction of sp³-hybridized carbons (Fsp3) is 0.250. The molecule has 1 aromatic heterocycles. The van der Waals surface area contributed by atoms with Crippen molar-refractivity contribution in [1.82, 2.24) is 10.2 Å². The number of ketones is 1. The van der Waals surface area contributed by atoms with Crippen LogP contribution >= 0.6 is 34.7 Å². The zero-order valence-electron chi connectivity index (χ0n) is 24.7. The molecule has 1 N–H and O–H groups in total. The van der Waals surface area contributed by atoms with Crippen LogP contribution in [0.4, 0.5) is 5.13 Å².